The molecule has 6 heteroatoms. The third-order valence-electron chi connectivity index (χ3n) is 6.22. The van der Waals surface area contributed by atoms with E-state index in [1.165, 1.54) is 19.3 Å². The van der Waals surface area contributed by atoms with E-state index in [9.17, 15) is 0 Å². The Bertz CT molecular complexity index is 672. The fourth-order valence-corrected chi connectivity index (χ4v) is 4.82. The van der Waals surface area contributed by atoms with Crippen LogP contribution >= 0.6 is 0 Å². The summed E-state index contributed by atoms with van der Waals surface area (Å²) in [5.41, 5.74) is 7.53. The number of guanidine groups is 1. The molecule has 3 fully saturated rings. The van der Waals surface area contributed by atoms with Gasteiger partial charge in [-0.2, -0.15) is 0 Å². The molecular weight excluding hydrogens is 318 g/mol. The minimum absolute atomic E-state index is 0.310. The van der Waals surface area contributed by atoms with E-state index in [0.717, 1.165) is 24.3 Å². The lowest BCUT2D eigenvalue weighted by Gasteiger charge is -2.63. The minimum Gasteiger partial charge on any atom is -0.493 e. The molecule has 0 bridgehead atoms. The van der Waals surface area contributed by atoms with Crippen molar-refractivity contribution < 1.29 is 14.2 Å². The van der Waals surface area contributed by atoms with Crippen molar-refractivity contribution in [3.63, 3.8) is 0 Å². The molecule has 1 saturated heterocycles. The number of fused-ring (bicyclic) bond motifs is 2. The smallest absolute Gasteiger partial charge is 0.189 e. The summed E-state index contributed by atoms with van der Waals surface area (Å²) in [6.07, 6.45) is 5.36. The van der Waals surface area contributed by atoms with Gasteiger partial charge in [0.1, 0.15) is 0 Å². The number of ether oxygens (including phenoxy) is 3. The highest BCUT2D eigenvalue weighted by Gasteiger charge is 2.66. The molecule has 25 heavy (non-hydrogen) atoms. The Morgan fingerprint density at radius 2 is 2.12 bits per heavy atom. The zero-order valence-corrected chi connectivity index (χ0v) is 15.0. The van der Waals surface area contributed by atoms with E-state index in [2.05, 4.69) is 10.3 Å². The summed E-state index contributed by atoms with van der Waals surface area (Å²) in [7, 11) is 3.27. The summed E-state index contributed by atoms with van der Waals surface area (Å²) >= 11 is 0. The molecule has 1 heterocycles. The van der Waals surface area contributed by atoms with E-state index >= 15 is 0 Å². The van der Waals surface area contributed by atoms with E-state index in [1.54, 1.807) is 14.2 Å². The van der Waals surface area contributed by atoms with Crippen LogP contribution in [0.2, 0.25) is 0 Å². The molecule has 6 nitrogen and oxygen atoms in total. The topological polar surface area (TPSA) is 78.1 Å². The van der Waals surface area contributed by atoms with E-state index in [4.69, 9.17) is 19.9 Å². The SMILES string of the molecule is COc1ccc(CN=C(N)NC2C3CCOC3C23CCC3)cc1OC. The summed E-state index contributed by atoms with van der Waals surface area (Å²) in [5.74, 6) is 2.54. The largest absolute Gasteiger partial charge is 0.493 e. The molecule has 3 N–H and O–H groups in total. The number of nitrogens with zero attached hydrogens (tertiary/aromatic N) is 1. The van der Waals surface area contributed by atoms with Crippen LogP contribution < -0.4 is 20.5 Å². The van der Waals surface area contributed by atoms with Crippen molar-refractivity contribution in [3.8, 4) is 11.5 Å². The number of nitrogens with two attached hydrogens (primary N) is 1. The van der Waals surface area contributed by atoms with Gasteiger partial charge in [0.2, 0.25) is 0 Å². The van der Waals surface area contributed by atoms with Gasteiger partial charge in [-0.25, -0.2) is 4.99 Å². The molecule has 2 saturated carbocycles. The summed E-state index contributed by atoms with van der Waals surface area (Å²) in [6.45, 7) is 1.40. The lowest BCUT2D eigenvalue weighted by molar-refractivity contribution is -0.171. The van der Waals surface area contributed by atoms with E-state index in [0.29, 0.717) is 41.7 Å². The quantitative estimate of drug-likeness (QED) is 0.631. The lowest BCUT2D eigenvalue weighted by Crippen LogP contribution is -2.72. The van der Waals surface area contributed by atoms with Gasteiger partial charge in [-0.05, 0) is 37.0 Å². The Hall–Kier alpha value is -1.95. The highest BCUT2D eigenvalue weighted by molar-refractivity contribution is 5.78. The van der Waals surface area contributed by atoms with Crippen LogP contribution in [0.1, 0.15) is 31.2 Å². The van der Waals surface area contributed by atoms with Gasteiger partial charge in [0.15, 0.2) is 17.5 Å². The Labute approximate surface area is 148 Å². The van der Waals surface area contributed by atoms with Crippen molar-refractivity contribution in [1.29, 1.82) is 0 Å². The Morgan fingerprint density at radius 3 is 2.80 bits per heavy atom. The maximum atomic E-state index is 6.18. The van der Waals surface area contributed by atoms with Crippen LogP contribution in [0.5, 0.6) is 11.5 Å². The first-order valence-corrected chi connectivity index (χ1v) is 9.07. The molecule has 1 spiro atoms. The van der Waals surface area contributed by atoms with E-state index in [1.807, 2.05) is 18.2 Å². The van der Waals surface area contributed by atoms with Crippen LogP contribution in [0, 0.1) is 11.3 Å². The van der Waals surface area contributed by atoms with Crippen molar-refractivity contribution >= 4 is 5.96 Å². The highest BCUT2D eigenvalue weighted by atomic mass is 16.5. The van der Waals surface area contributed by atoms with Crippen LogP contribution in [0.25, 0.3) is 0 Å². The van der Waals surface area contributed by atoms with Gasteiger partial charge in [0, 0.05) is 24.0 Å². The van der Waals surface area contributed by atoms with Crippen molar-refractivity contribution in [2.24, 2.45) is 22.1 Å². The van der Waals surface area contributed by atoms with Crippen LogP contribution in [0.4, 0.5) is 0 Å². The van der Waals surface area contributed by atoms with Crippen LogP contribution in [0.15, 0.2) is 23.2 Å². The maximum Gasteiger partial charge on any atom is 0.189 e. The summed E-state index contributed by atoms with van der Waals surface area (Å²) < 4.78 is 16.6. The number of hydrogen-bond donors (Lipinski definition) is 2. The van der Waals surface area contributed by atoms with Gasteiger partial charge in [-0.3, -0.25) is 0 Å². The normalized spacial score (nSPS) is 29.5. The van der Waals surface area contributed by atoms with E-state index < -0.39 is 0 Å². The van der Waals surface area contributed by atoms with Crippen LogP contribution in [-0.2, 0) is 11.3 Å². The molecule has 3 aliphatic rings. The Morgan fingerprint density at radius 1 is 1.32 bits per heavy atom. The number of aliphatic imine (C=N–C) groups is 1. The average molecular weight is 345 g/mol. The third-order valence-corrected chi connectivity index (χ3v) is 6.22. The van der Waals surface area contributed by atoms with Gasteiger partial charge >= 0.3 is 0 Å². The Kier molecular flexibility index (Phi) is 4.23. The first-order chi connectivity index (χ1) is 12.2. The van der Waals surface area contributed by atoms with Gasteiger partial charge in [-0.1, -0.05) is 12.5 Å². The zero-order valence-electron chi connectivity index (χ0n) is 15.0. The molecule has 1 aromatic rings. The zero-order chi connectivity index (χ0) is 17.4. The number of benzene rings is 1. The summed E-state index contributed by atoms with van der Waals surface area (Å²) in [5, 5.41) is 3.49. The Balaban J connectivity index is 1.40. The van der Waals surface area contributed by atoms with Gasteiger partial charge in [0.05, 0.1) is 26.9 Å². The molecule has 136 valence electrons. The monoisotopic (exact) mass is 345 g/mol. The molecule has 3 atom stereocenters. The lowest BCUT2D eigenvalue weighted by atomic mass is 9.46. The van der Waals surface area contributed by atoms with Crippen molar-refractivity contribution in [3.05, 3.63) is 23.8 Å². The predicted octanol–water partition coefficient (Wildman–Crippen LogP) is 2.07. The fraction of sp³-hybridized carbons (Fsp3) is 0.632. The van der Waals surface area contributed by atoms with Crippen molar-refractivity contribution in [2.45, 2.75) is 44.4 Å². The standard InChI is InChI=1S/C19H27N3O3/c1-23-14-5-4-12(10-15(14)24-2)11-21-18(20)22-16-13-6-9-25-17(13)19(16)7-3-8-19/h4-5,10,13,16-17H,3,6-9,11H2,1-2H3,(H3,20,21,22). The second kappa shape index (κ2) is 6.41. The molecule has 0 amide bonds. The molecule has 1 aromatic carbocycles. The van der Waals surface area contributed by atoms with Gasteiger partial charge < -0.3 is 25.3 Å². The molecule has 0 aromatic heterocycles. The van der Waals surface area contributed by atoms with Crippen LogP contribution in [-0.4, -0.2) is 38.9 Å². The number of methoxy groups -OCH3 is 2. The fourth-order valence-electron chi connectivity index (χ4n) is 4.82. The average Bonchev–Trinajstić information content (AvgIpc) is 3.01. The minimum atomic E-state index is 0.310. The van der Waals surface area contributed by atoms with Crippen LogP contribution in [0.3, 0.4) is 0 Å². The number of nitrogens with one attached hydrogen (secondary N) is 1. The molecular formula is C19H27N3O3. The van der Waals surface area contributed by atoms with Crippen molar-refractivity contribution in [1.82, 2.24) is 5.32 Å². The van der Waals surface area contributed by atoms with Gasteiger partial charge in [-0.15, -0.1) is 0 Å². The van der Waals surface area contributed by atoms with Gasteiger partial charge in [0.25, 0.3) is 0 Å². The second-order valence-corrected chi connectivity index (χ2v) is 7.34. The first kappa shape index (κ1) is 16.5. The first-order valence-electron chi connectivity index (χ1n) is 9.07. The highest BCUT2D eigenvalue weighted by Crippen LogP contribution is 2.62. The number of rotatable bonds is 5. The molecule has 0 radical (unpaired) electrons. The third kappa shape index (κ3) is 2.63. The van der Waals surface area contributed by atoms with E-state index in [-0.39, 0.29) is 0 Å². The second-order valence-electron chi connectivity index (χ2n) is 7.34. The molecule has 1 aliphatic heterocycles. The molecule has 4 rings (SSSR count). The number of hydrogen-bond acceptors (Lipinski definition) is 4. The molecule has 2 aliphatic carbocycles. The summed E-state index contributed by atoms with van der Waals surface area (Å²) in [6, 6.07) is 6.23. The summed E-state index contributed by atoms with van der Waals surface area (Å²) in [4.78, 5) is 4.53. The van der Waals surface area contributed by atoms with Crippen molar-refractivity contribution in [2.75, 3.05) is 20.8 Å². The predicted molar refractivity (Wildman–Crippen MR) is 95.9 cm³/mol. The maximum absolute atomic E-state index is 6.18. The molecule has 3 unspecified atom stereocenters.